The highest BCUT2D eigenvalue weighted by Gasteiger charge is 2.21. The normalized spacial score (nSPS) is 19.8. The summed E-state index contributed by atoms with van der Waals surface area (Å²) >= 11 is 0. The third kappa shape index (κ3) is 4.66. The number of hydrogen-bond donors (Lipinski definition) is 0. The van der Waals surface area contributed by atoms with E-state index < -0.39 is 0 Å². The second-order valence-electron chi connectivity index (χ2n) is 7.19. The summed E-state index contributed by atoms with van der Waals surface area (Å²) in [6, 6.07) is 15.0. The lowest BCUT2D eigenvalue weighted by Gasteiger charge is -2.28. The van der Waals surface area contributed by atoms with Gasteiger partial charge in [0.2, 0.25) is 0 Å². The van der Waals surface area contributed by atoms with E-state index in [1.165, 1.54) is 44.1 Å². The molecule has 0 heterocycles. The lowest BCUT2D eigenvalue weighted by Crippen LogP contribution is -2.13. The number of esters is 1. The van der Waals surface area contributed by atoms with Gasteiger partial charge in [-0.1, -0.05) is 31.9 Å². The van der Waals surface area contributed by atoms with Crippen molar-refractivity contribution in [3.63, 3.8) is 0 Å². The molecule has 0 amide bonds. The van der Waals surface area contributed by atoms with E-state index in [9.17, 15) is 4.79 Å². The topological polar surface area (TPSA) is 35.5 Å². The van der Waals surface area contributed by atoms with Crippen LogP contribution in [0, 0.1) is 5.92 Å². The highest BCUT2D eigenvalue weighted by Crippen LogP contribution is 2.37. The zero-order valence-electron chi connectivity index (χ0n) is 15.7. The van der Waals surface area contributed by atoms with Gasteiger partial charge in [-0.25, -0.2) is 4.79 Å². The molecule has 0 aliphatic heterocycles. The molecule has 0 aromatic heterocycles. The first-order chi connectivity index (χ1) is 12.7. The molecule has 26 heavy (non-hydrogen) atoms. The Morgan fingerprint density at radius 1 is 0.923 bits per heavy atom. The molecule has 3 nitrogen and oxygen atoms in total. The summed E-state index contributed by atoms with van der Waals surface area (Å²) in [5.74, 6) is 2.53. The molecule has 1 aliphatic rings. The van der Waals surface area contributed by atoms with Gasteiger partial charge in [-0.15, -0.1) is 0 Å². The van der Waals surface area contributed by atoms with Crippen molar-refractivity contribution in [1.29, 1.82) is 0 Å². The van der Waals surface area contributed by atoms with Gasteiger partial charge in [-0.3, -0.25) is 0 Å². The maximum Gasteiger partial charge on any atom is 0.343 e. The number of carbonyl (C=O) groups excluding carboxylic acids is 1. The number of hydrogen-bond acceptors (Lipinski definition) is 3. The Labute approximate surface area is 156 Å². The van der Waals surface area contributed by atoms with E-state index >= 15 is 0 Å². The molecule has 1 saturated carbocycles. The van der Waals surface area contributed by atoms with Crippen LogP contribution in [0.15, 0.2) is 48.5 Å². The second kappa shape index (κ2) is 8.88. The molecule has 1 fully saturated rings. The predicted octanol–water partition coefficient (Wildman–Crippen LogP) is 5.99. The predicted molar refractivity (Wildman–Crippen MR) is 104 cm³/mol. The van der Waals surface area contributed by atoms with Crippen molar-refractivity contribution in [2.45, 2.75) is 51.4 Å². The molecule has 0 atom stereocenters. The van der Waals surface area contributed by atoms with Crippen molar-refractivity contribution < 1.29 is 14.3 Å². The SMILES string of the molecule is CCCC1CCC(c2ccc(OC(=O)c3ccc(OC)cc3)cc2)CC1. The van der Waals surface area contributed by atoms with Crippen LogP contribution in [-0.4, -0.2) is 13.1 Å². The average Bonchev–Trinajstić information content (AvgIpc) is 2.69. The minimum absolute atomic E-state index is 0.347. The van der Waals surface area contributed by atoms with Gasteiger partial charge in [0.05, 0.1) is 12.7 Å². The number of rotatable bonds is 6. The molecule has 0 N–H and O–H groups in total. The Kier molecular flexibility index (Phi) is 6.32. The number of ether oxygens (including phenoxy) is 2. The second-order valence-corrected chi connectivity index (χ2v) is 7.19. The zero-order valence-corrected chi connectivity index (χ0v) is 15.7. The van der Waals surface area contributed by atoms with E-state index in [1.807, 2.05) is 12.1 Å². The van der Waals surface area contributed by atoms with Crippen LogP contribution in [0.2, 0.25) is 0 Å². The summed E-state index contributed by atoms with van der Waals surface area (Å²) in [5.41, 5.74) is 1.88. The number of carbonyl (C=O) groups is 1. The van der Waals surface area contributed by atoms with Crippen molar-refractivity contribution in [3.8, 4) is 11.5 Å². The minimum atomic E-state index is -0.347. The van der Waals surface area contributed by atoms with E-state index in [0.29, 0.717) is 17.2 Å². The summed E-state index contributed by atoms with van der Waals surface area (Å²) < 4.78 is 10.6. The first-order valence-corrected chi connectivity index (χ1v) is 9.65. The molecular formula is C23H28O3. The maximum absolute atomic E-state index is 12.2. The molecule has 0 unspecified atom stereocenters. The van der Waals surface area contributed by atoms with Crippen LogP contribution >= 0.6 is 0 Å². The molecule has 0 spiro atoms. The van der Waals surface area contributed by atoms with E-state index in [4.69, 9.17) is 9.47 Å². The molecule has 3 heteroatoms. The molecule has 0 bridgehead atoms. The Morgan fingerprint density at radius 3 is 2.12 bits per heavy atom. The van der Waals surface area contributed by atoms with Crippen molar-refractivity contribution in [2.75, 3.05) is 7.11 Å². The molecule has 138 valence electrons. The summed E-state index contributed by atoms with van der Waals surface area (Å²) in [7, 11) is 1.60. The standard InChI is InChI=1S/C23H28O3/c1-3-4-17-5-7-18(8-6-17)19-9-15-22(16-10-19)26-23(24)20-11-13-21(25-2)14-12-20/h9-18H,3-8H2,1-2H3. The molecule has 3 rings (SSSR count). The third-order valence-corrected chi connectivity index (χ3v) is 5.43. The van der Waals surface area contributed by atoms with Crippen LogP contribution in [0.4, 0.5) is 0 Å². The third-order valence-electron chi connectivity index (χ3n) is 5.43. The van der Waals surface area contributed by atoms with Gasteiger partial charge in [-0.05, 0) is 79.5 Å². The lowest BCUT2D eigenvalue weighted by molar-refractivity contribution is 0.0734. The largest absolute Gasteiger partial charge is 0.497 e. The molecule has 0 saturated heterocycles. The quantitative estimate of drug-likeness (QED) is 0.473. The van der Waals surface area contributed by atoms with E-state index in [2.05, 4.69) is 19.1 Å². The van der Waals surface area contributed by atoms with Gasteiger partial charge >= 0.3 is 5.97 Å². The van der Waals surface area contributed by atoms with Crippen LogP contribution in [0.3, 0.4) is 0 Å². The lowest BCUT2D eigenvalue weighted by atomic mass is 9.77. The molecule has 2 aromatic carbocycles. The van der Waals surface area contributed by atoms with Crippen molar-refractivity contribution in [1.82, 2.24) is 0 Å². The smallest absolute Gasteiger partial charge is 0.343 e. The highest BCUT2D eigenvalue weighted by atomic mass is 16.5. The average molecular weight is 352 g/mol. The maximum atomic E-state index is 12.2. The fourth-order valence-corrected chi connectivity index (χ4v) is 3.89. The minimum Gasteiger partial charge on any atom is -0.497 e. The van der Waals surface area contributed by atoms with Crippen LogP contribution in [0.5, 0.6) is 11.5 Å². The molecule has 1 aliphatic carbocycles. The number of benzene rings is 2. The Morgan fingerprint density at radius 2 is 1.54 bits per heavy atom. The van der Waals surface area contributed by atoms with Gasteiger partial charge in [0.25, 0.3) is 0 Å². The van der Waals surface area contributed by atoms with E-state index in [1.54, 1.807) is 31.4 Å². The zero-order chi connectivity index (χ0) is 18.4. The molecule has 0 radical (unpaired) electrons. The van der Waals surface area contributed by atoms with Gasteiger partial charge in [0.15, 0.2) is 0 Å². The summed E-state index contributed by atoms with van der Waals surface area (Å²) in [6.07, 6.45) is 7.89. The first-order valence-electron chi connectivity index (χ1n) is 9.65. The van der Waals surface area contributed by atoms with Crippen LogP contribution in [-0.2, 0) is 0 Å². The Hall–Kier alpha value is -2.29. The van der Waals surface area contributed by atoms with Crippen LogP contribution < -0.4 is 9.47 Å². The van der Waals surface area contributed by atoms with Crippen molar-refractivity contribution in [3.05, 3.63) is 59.7 Å². The first kappa shape index (κ1) is 18.5. The fraction of sp³-hybridized carbons (Fsp3) is 0.435. The van der Waals surface area contributed by atoms with Crippen molar-refractivity contribution in [2.24, 2.45) is 5.92 Å². The monoisotopic (exact) mass is 352 g/mol. The fourth-order valence-electron chi connectivity index (χ4n) is 3.89. The van der Waals surface area contributed by atoms with E-state index in [0.717, 1.165) is 11.7 Å². The summed E-state index contributed by atoms with van der Waals surface area (Å²) in [5, 5.41) is 0. The summed E-state index contributed by atoms with van der Waals surface area (Å²) in [4.78, 5) is 12.2. The Balaban J connectivity index is 1.56. The van der Waals surface area contributed by atoms with Crippen LogP contribution in [0.1, 0.15) is 67.3 Å². The van der Waals surface area contributed by atoms with Gasteiger partial charge < -0.3 is 9.47 Å². The number of methoxy groups -OCH3 is 1. The van der Waals surface area contributed by atoms with Gasteiger partial charge in [0.1, 0.15) is 11.5 Å². The molecular weight excluding hydrogens is 324 g/mol. The molecule has 2 aromatic rings. The van der Waals surface area contributed by atoms with E-state index in [-0.39, 0.29) is 5.97 Å². The summed E-state index contributed by atoms with van der Waals surface area (Å²) in [6.45, 7) is 2.28. The van der Waals surface area contributed by atoms with Gasteiger partial charge in [-0.2, -0.15) is 0 Å². The van der Waals surface area contributed by atoms with Crippen LogP contribution in [0.25, 0.3) is 0 Å². The highest BCUT2D eigenvalue weighted by molar-refractivity contribution is 5.91. The Bertz CT molecular complexity index is 695. The van der Waals surface area contributed by atoms with Crippen molar-refractivity contribution >= 4 is 5.97 Å². The van der Waals surface area contributed by atoms with Gasteiger partial charge in [0, 0.05) is 0 Å².